The third-order valence-electron chi connectivity index (χ3n) is 3.05. The van der Waals surface area contributed by atoms with Crippen molar-refractivity contribution in [3.05, 3.63) is 73.8 Å². The Hall–Kier alpha value is -0.412. The molecular weight excluding hydrogens is 510 g/mol. The summed E-state index contributed by atoms with van der Waals surface area (Å²) in [6, 6.07) is 17.6. The largest absolute Gasteiger partial charge is 0.335 e. The summed E-state index contributed by atoms with van der Waals surface area (Å²) in [5.41, 5.74) is 2.18. The van der Waals surface area contributed by atoms with E-state index in [2.05, 4.69) is 22.3 Å². The molecule has 0 aliphatic carbocycles. The van der Waals surface area contributed by atoms with E-state index in [-0.39, 0.29) is 72.8 Å². The number of rotatable bonds is 0. The van der Waals surface area contributed by atoms with Crippen molar-refractivity contribution in [1.29, 1.82) is 0 Å². The van der Waals surface area contributed by atoms with Gasteiger partial charge in [-0.05, 0) is 17.2 Å². The van der Waals surface area contributed by atoms with Crippen molar-refractivity contribution in [3.8, 4) is 0 Å². The average molecular weight is 542 g/mol. The quantitative estimate of drug-likeness (QED) is 0.262. The van der Waals surface area contributed by atoms with E-state index in [1.807, 2.05) is 108 Å². The normalized spacial score (nSPS) is 8.48. The van der Waals surface area contributed by atoms with E-state index < -0.39 is 0 Å². The first-order valence-electron chi connectivity index (χ1n) is 8.62. The topological polar surface area (TPSA) is 35.6 Å². The van der Waals surface area contributed by atoms with Crippen LogP contribution in [0.15, 0.2) is 48.8 Å². The molecule has 0 amide bonds. The van der Waals surface area contributed by atoms with Gasteiger partial charge in [-0.15, -0.1) is 12.1 Å². The van der Waals surface area contributed by atoms with E-state index in [1.54, 1.807) is 4.68 Å². The smallest absolute Gasteiger partial charge is 0.0284 e. The summed E-state index contributed by atoms with van der Waals surface area (Å²) < 4.78 is 3.65. The Morgan fingerprint density at radius 2 is 1.38 bits per heavy atom. The van der Waals surface area contributed by atoms with Crippen LogP contribution in [-0.4, -0.2) is 19.6 Å². The van der Waals surface area contributed by atoms with E-state index in [4.69, 9.17) is 0 Å². The number of aromatic nitrogens is 4. The van der Waals surface area contributed by atoms with Gasteiger partial charge in [-0.3, -0.25) is 9.36 Å². The van der Waals surface area contributed by atoms with Gasteiger partial charge in [0.2, 0.25) is 0 Å². The third kappa shape index (κ3) is 12.1. The first kappa shape index (κ1) is 33.2. The van der Waals surface area contributed by atoms with Gasteiger partial charge in [-0.1, -0.05) is 18.2 Å². The molecule has 0 saturated heterocycles. The van der Waals surface area contributed by atoms with E-state index >= 15 is 0 Å². The van der Waals surface area contributed by atoms with Crippen LogP contribution in [0.5, 0.6) is 0 Å². The Kier molecular flexibility index (Phi) is 22.4. The maximum Gasteiger partial charge on any atom is 0.0284 e. The Balaban J connectivity index is -0.000000341. The molecule has 0 fully saturated rings. The molecule has 0 aliphatic heterocycles. The zero-order valence-corrected chi connectivity index (χ0v) is 23.4. The van der Waals surface area contributed by atoms with Gasteiger partial charge in [-0.2, -0.15) is 69.2 Å². The number of nitrogens with zero attached hydrogens (tertiary/aromatic N) is 4. The maximum atomic E-state index is 4.21. The molecule has 0 bridgehead atoms. The van der Waals surface area contributed by atoms with E-state index in [9.17, 15) is 0 Å². The van der Waals surface area contributed by atoms with Gasteiger partial charge in [0.1, 0.15) is 0 Å². The van der Waals surface area contributed by atoms with Crippen molar-refractivity contribution in [2.75, 3.05) is 0 Å². The van der Waals surface area contributed by atoms with Crippen LogP contribution in [0, 0.1) is 25.0 Å². The van der Waals surface area contributed by atoms with E-state index in [1.165, 1.54) is 0 Å². The fourth-order valence-corrected chi connectivity index (χ4v) is 2.07. The summed E-state index contributed by atoms with van der Waals surface area (Å²) in [6.45, 7) is 8.00. The zero-order chi connectivity index (χ0) is 19.4. The predicted octanol–water partition coefficient (Wildman–Crippen LogP) is 5.84. The van der Waals surface area contributed by atoms with Gasteiger partial charge >= 0.3 is 0 Å². The molecule has 154 valence electrons. The maximum absolute atomic E-state index is 4.21. The minimum Gasteiger partial charge on any atom is -0.335 e. The van der Waals surface area contributed by atoms with Gasteiger partial charge in [0, 0.05) is 85.7 Å². The van der Waals surface area contributed by atoms with Gasteiger partial charge in [0.05, 0.1) is 0 Å². The van der Waals surface area contributed by atoms with Crippen LogP contribution in [0.3, 0.4) is 0 Å². The first-order chi connectivity index (χ1) is 12.6. The van der Waals surface area contributed by atoms with Crippen molar-refractivity contribution in [3.63, 3.8) is 0 Å². The molecule has 2 aromatic heterocycles. The Morgan fingerprint density at radius 3 is 1.90 bits per heavy atom. The molecule has 0 N–H and O–H groups in total. The molecule has 0 spiro atoms. The fraction of sp³-hybridized carbons (Fsp3) is 0.304. The van der Waals surface area contributed by atoms with Crippen molar-refractivity contribution >= 4 is 21.8 Å². The molecule has 0 unspecified atom stereocenters. The summed E-state index contributed by atoms with van der Waals surface area (Å²) in [4.78, 5) is 0. The second-order valence-corrected chi connectivity index (χ2v) is 5.70. The molecule has 4 rings (SSSR count). The molecule has 2 heterocycles. The molecule has 0 saturated carbocycles. The molecule has 2 radical (unpaired) electrons. The summed E-state index contributed by atoms with van der Waals surface area (Å²) in [6.07, 6.45) is 7.82. The van der Waals surface area contributed by atoms with Crippen LogP contribution in [0.2, 0.25) is 0 Å². The zero-order valence-electron chi connectivity index (χ0n) is 17.7. The molecule has 4 nitrogen and oxygen atoms in total. The average Bonchev–Trinajstić information content (AvgIpc) is 3.19. The van der Waals surface area contributed by atoms with Crippen LogP contribution in [-0.2, 0) is 79.5 Å². The van der Waals surface area contributed by atoms with Gasteiger partial charge in [0.25, 0.3) is 0 Å². The molecule has 2 aromatic carbocycles. The second kappa shape index (κ2) is 19.5. The third-order valence-corrected chi connectivity index (χ3v) is 3.05. The predicted molar refractivity (Wildman–Crippen MR) is 117 cm³/mol. The Labute approximate surface area is 227 Å². The van der Waals surface area contributed by atoms with E-state index in [0.29, 0.717) is 0 Å². The Morgan fingerprint density at radius 1 is 0.862 bits per heavy atom. The molecule has 6 heteroatoms. The monoisotopic (exact) mass is 542 g/mol. The number of aryl methyl sites for hydroxylation is 2. The minimum absolute atomic E-state index is 0. The van der Waals surface area contributed by atoms with Crippen molar-refractivity contribution in [1.82, 2.24) is 19.6 Å². The van der Waals surface area contributed by atoms with Crippen molar-refractivity contribution in [2.45, 2.75) is 35.1 Å². The van der Waals surface area contributed by atoms with Gasteiger partial charge in [0.15, 0.2) is 0 Å². The SMILES string of the molecule is C.C[CH-]C.C[CH-]C.Cn1cc2c[c-]ccc2n1.Cn1ncc2c[c-]ccc21.[Y].[Y]. The van der Waals surface area contributed by atoms with Crippen LogP contribution >= 0.6 is 0 Å². The number of hydrogen-bond donors (Lipinski definition) is 0. The van der Waals surface area contributed by atoms with Crippen LogP contribution in [0.25, 0.3) is 21.8 Å². The number of hydrogen-bond acceptors (Lipinski definition) is 2. The van der Waals surface area contributed by atoms with E-state index in [0.717, 1.165) is 21.8 Å². The first-order valence-corrected chi connectivity index (χ1v) is 8.62. The van der Waals surface area contributed by atoms with Crippen LogP contribution in [0.4, 0.5) is 0 Å². The minimum atomic E-state index is 0. The molecule has 4 aromatic rings. The Bertz CT molecular complexity index is 841. The molecular formula is C23H32N4Y2-4. The molecule has 0 atom stereocenters. The molecule has 0 aliphatic rings. The molecule has 29 heavy (non-hydrogen) atoms. The summed E-state index contributed by atoms with van der Waals surface area (Å²) in [5, 5.41) is 10.6. The second-order valence-electron chi connectivity index (χ2n) is 5.70. The van der Waals surface area contributed by atoms with Crippen molar-refractivity contribution < 1.29 is 65.4 Å². The van der Waals surface area contributed by atoms with Crippen LogP contribution in [0.1, 0.15) is 35.1 Å². The number of benzene rings is 2. The summed E-state index contributed by atoms with van der Waals surface area (Å²) in [5.74, 6) is 0. The van der Waals surface area contributed by atoms with Gasteiger partial charge in [-0.25, -0.2) is 5.10 Å². The van der Waals surface area contributed by atoms with Crippen molar-refractivity contribution in [2.24, 2.45) is 14.1 Å². The summed E-state index contributed by atoms with van der Waals surface area (Å²) >= 11 is 0. The number of fused-ring (bicyclic) bond motifs is 2. The fourth-order valence-electron chi connectivity index (χ4n) is 2.07. The standard InChI is InChI=1S/2C8H7N2.2C3H7.CH4.2Y/c1-10-6-7-4-2-3-5-8(7)9-10;1-10-8-5-3-2-4-7(8)6-9-10;2*1-3-2;;;/h2*3-6H,1H3;2*3H,1-2H3;1H4;;/q4*-1;;;. The van der Waals surface area contributed by atoms with Crippen LogP contribution < -0.4 is 0 Å². The van der Waals surface area contributed by atoms with Gasteiger partial charge < -0.3 is 12.8 Å². The summed E-state index contributed by atoms with van der Waals surface area (Å²) in [7, 11) is 3.85.